The number of carbonyl (C=O) groups excluding carboxylic acids is 1. The lowest BCUT2D eigenvalue weighted by atomic mass is 9.82. The molecule has 1 aromatic rings. The molecule has 0 aromatic heterocycles. The van der Waals surface area contributed by atoms with E-state index in [0.717, 1.165) is 5.56 Å². The fourth-order valence-corrected chi connectivity index (χ4v) is 2.97. The number of aliphatic hydroxyl groups excluding tert-OH is 1. The summed E-state index contributed by atoms with van der Waals surface area (Å²) in [7, 11) is 0. The van der Waals surface area contributed by atoms with Gasteiger partial charge in [-0.15, -0.1) is 0 Å². The highest BCUT2D eigenvalue weighted by Crippen LogP contribution is 2.39. The summed E-state index contributed by atoms with van der Waals surface area (Å²) in [6.07, 6.45) is -2.56. The maximum Gasteiger partial charge on any atom is 0.169 e. The molecule has 2 aliphatic heterocycles. The Kier molecular flexibility index (Phi) is 4.56. The van der Waals surface area contributed by atoms with Crippen molar-refractivity contribution >= 4 is 5.78 Å². The monoisotopic (exact) mass is 320 g/mol. The zero-order chi connectivity index (χ0) is 16.6. The normalized spacial score (nSPS) is 33.1. The second kappa shape index (κ2) is 6.32. The predicted molar refractivity (Wildman–Crippen MR) is 83.9 cm³/mol. The van der Waals surface area contributed by atoms with Crippen LogP contribution in [0.5, 0.6) is 0 Å². The fraction of sp³-hybridized carbons (Fsp3) is 0.611. The first-order valence-electron chi connectivity index (χ1n) is 8.03. The van der Waals surface area contributed by atoms with Crippen molar-refractivity contribution in [1.82, 2.24) is 0 Å². The van der Waals surface area contributed by atoms with E-state index in [1.807, 2.05) is 51.1 Å². The van der Waals surface area contributed by atoms with Crippen LogP contribution in [0.1, 0.15) is 26.3 Å². The van der Waals surface area contributed by atoms with E-state index in [1.165, 1.54) is 0 Å². The minimum absolute atomic E-state index is 0.0109. The molecule has 1 N–H and O–H groups in total. The maximum atomic E-state index is 12.3. The van der Waals surface area contributed by atoms with Crippen LogP contribution in [0.25, 0.3) is 0 Å². The topological polar surface area (TPSA) is 65.0 Å². The Balaban J connectivity index is 1.51. The van der Waals surface area contributed by atoms with Gasteiger partial charge < -0.3 is 19.3 Å². The number of aliphatic hydroxyl groups is 1. The molecule has 5 heteroatoms. The standard InChI is InChI=1S/C18H24O5/c1-18(2,3)17(20)16-15-14(23-16)13(19)12(22-15)10-21-9-11-7-5-4-6-8-11/h4-8,12-16,19H,9-10H2,1-3H3/t12-,13+,14-,15+,16+/m1/s1. The molecule has 126 valence electrons. The van der Waals surface area contributed by atoms with Crippen LogP contribution < -0.4 is 0 Å². The van der Waals surface area contributed by atoms with E-state index in [0.29, 0.717) is 6.61 Å². The number of hydrogen-bond acceptors (Lipinski definition) is 5. The molecule has 5 atom stereocenters. The summed E-state index contributed by atoms with van der Waals surface area (Å²) in [6, 6.07) is 9.83. The molecule has 2 heterocycles. The van der Waals surface area contributed by atoms with Gasteiger partial charge in [0.05, 0.1) is 13.2 Å². The molecule has 0 saturated carbocycles. The molecular weight excluding hydrogens is 296 g/mol. The summed E-state index contributed by atoms with van der Waals surface area (Å²) in [5, 5.41) is 10.2. The number of ketones is 1. The van der Waals surface area contributed by atoms with Gasteiger partial charge in [-0.2, -0.15) is 0 Å². The molecule has 0 aliphatic carbocycles. The van der Waals surface area contributed by atoms with Crippen molar-refractivity contribution in [3.63, 3.8) is 0 Å². The van der Waals surface area contributed by atoms with Crippen LogP contribution in [-0.2, 0) is 25.6 Å². The first-order valence-corrected chi connectivity index (χ1v) is 8.03. The third kappa shape index (κ3) is 3.33. The summed E-state index contributed by atoms with van der Waals surface area (Å²) in [6.45, 7) is 6.32. The number of benzene rings is 1. The van der Waals surface area contributed by atoms with E-state index in [2.05, 4.69) is 0 Å². The molecule has 3 rings (SSSR count). The minimum atomic E-state index is -0.750. The molecule has 0 spiro atoms. The predicted octanol–water partition coefficient (Wildman–Crippen LogP) is 1.71. The largest absolute Gasteiger partial charge is 0.387 e. The van der Waals surface area contributed by atoms with Gasteiger partial charge in [0, 0.05) is 5.41 Å². The quantitative estimate of drug-likeness (QED) is 0.895. The minimum Gasteiger partial charge on any atom is -0.387 e. The maximum absolute atomic E-state index is 12.3. The highest BCUT2D eigenvalue weighted by molar-refractivity contribution is 5.89. The van der Waals surface area contributed by atoms with E-state index in [1.54, 1.807) is 0 Å². The lowest BCUT2D eigenvalue weighted by Crippen LogP contribution is -2.60. The molecule has 0 bridgehead atoms. The van der Waals surface area contributed by atoms with Gasteiger partial charge in [-0.3, -0.25) is 4.79 Å². The SMILES string of the molecule is CC(C)(C)C(=O)[C@H]1O[C@@H]2[C@@H](O)[C@@H](COCc3ccccc3)O[C@@H]21. The van der Waals surface area contributed by atoms with Gasteiger partial charge in [-0.1, -0.05) is 51.1 Å². The average Bonchev–Trinajstić information content (AvgIpc) is 2.71. The number of hydrogen-bond donors (Lipinski definition) is 1. The highest BCUT2D eigenvalue weighted by atomic mass is 16.6. The first kappa shape index (κ1) is 16.6. The lowest BCUT2D eigenvalue weighted by molar-refractivity contribution is -0.216. The molecule has 0 amide bonds. The fourth-order valence-electron chi connectivity index (χ4n) is 2.97. The Hall–Kier alpha value is -1.27. The van der Waals surface area contributed by atoms with Crippen molar-refractivity contribution in [2.75, 3.05) is 6.61 Å². The van der Waals surface area contributed by atoms with E-state index < -0.39 is 29.8 Å². The van der Waals surface area contributed by atoms with Crippen molar-refractivity contribution in [2.24, 2.45) is 5.41 Å². The first-order chi connectivity index (χ1) is 10.9. The van der Waals surface area contributed by atoms with Crippen molar-refractivity contribution < 1.29 is 24.1 Å². The zero-order valence-corrected chi connectivity index (χ0v) is 13.8. The van der Waals surface area contributed by atoms with Gasteiger partial charge in [0.25, 0.3) is 0 Å². The van der Waals surface area contributed by atoms with Crippen LogP contribution in [0.4, 0.5) is 0 Å². The molecule has 1 aromatic carbocycles. The third-order valence-corrected chi connectivity index (χ3v) is 4.37. The number of carbonyl (C=O) groups is 1. The number of Topliss-reactive ketones (excluding diaryl/α,β-unsaturated/α-hetero) is 1. The molecule has 2 saturated heterocycles. The Labute approximate surface area is 136 Å². The lowest BCUT2D eigenvalue weighted by Gasteiger charge is -2.41. The van der Waals surface area contributed by atoms with Gasteiger partial charge in [0.1, 0.15) is 30.5 Å². The van der Waals surface area contributed by atoms with E-state index in [-0.39, 0.29) is 18.5 Å². The molecule has 0 unspecified atom stereocenters. The van der Waals surface area contributed by atoms with E-state index in [4.69, 9.17) is 14.2 Å². The van der Waals surface area contributed by atoms with Gasteiger partial charge >= 0.3 is 0 Å². The smallest absolute Gasteiger partial charge is 0.169 e. The van der Waals surface area contributed by atoms with Gasteiger partial charge in [0.2, 0.25) is 0 Å². The van der Waals surface area contributed by atoms with Crippen LogP contribution in [0.15, 0.2) is 30.3 Å². The number of fused-ring (bicyclic) bond motifs is 1. The van der Waals surface area contributed by atoms with Crippen molar-refractivity contribution in [1.29, 1.82) is 0 Å². The van der Waals surface area contributed by atoms with E-state index >= 15 is 0 Å². The summed E-state index contributed by atoms with van der Waals surface area (Å²) < 4.78 is 17.0. The zero-order valence-electron chi connectivity index (χ0n) is 13.8. The molecular formula is C18H24O5. The van der Waals surface area contributed by atoms with Crippen LogP contribution in [0.2, 0.25) is 0 Å². The van der Waals surface area contributed by atoms with Gasteiger partial charge in [-0.25, -0.2) is 0 Å². The van der Waals surface area contributed by atoms with Crippen LogP contribution >= 0.6 is 0 Å². The Morgan fingerprint density at radius 1 is 1.17 bits per heavy atom. The van der Waals surface area contributed by atoms with Crippen LogP contribution in [0, 0.1) is 5.41 Å². The second-order valence-electron chi connectivity index (χ2n) is 7.27. The van der Waals surface area contributed by atoms with Crippen LogP contribution in [-0.4, -0.2) is 48.0 Å². The summed E-state index contributed by atoms with van der Waals surface area (Å²) >= 11 is 0. The number of ether oxygens (including phenoxy) is 3. The van der Waals surface area contributed by atoms with E-state index in [9.17, 15) is 9.90 Å². The molecule has 2 fully saturated rings. The van der Waals surface area contributed by atoms with Crippen molar-refractivity contribution in [2.45, 2.75) is 57.9 Å². The van der Waals surface area contributed by atoms with Crippen LogP contribution in [0.3, 0.4) is 0 Å². The third-order valence-electron chi connectivity index (χ3n) is 4.37. The average molecular weight is 320 g/mol. The van der Waals surface area contributed by atoms with Gasteiger partial charge in [-0.05, 0) is 5.56 Å². The Morgan fingerprint density at radius 3 is 2.52 bits per heavy atom. The molecule has 5 nitrogen and oxygen atoms in total. The summed E-state index contributed by atoms with van der Waals surface area (Å²) in [5.74, 6) is 0.0109. The summed E-state index contributed by atoms with van der Waals surface area (Å²) in [5.41, 5.74) is 0.589. The van der Waals surface area contributed by atoms with Gasteiger partial charge in [0.15, 0.2) is 5.78 Å². The molecule has 0 radical (unpaired) electrons. The summed E-state index contributed by atoms with van der Waals surface area (Å²) in [4.78, 5) is 12.3. The second-order valence-corrected chi connectivity index (χ2v) is 7.27. The molecule has 23 heavy (non-hydrogen) atoms. The Morgan fingerprint density at radius 2 is 1.87 bits per heavy atom. The van der Waals surface area contributed by atoms with Crippen molar-refractivity contribution in [3.8, 4) is 0 Å². The Bertz CT molecular complexity index is 550. The highest BCUT2D eigenvalue weighted by Gasteiger charge is 2.59. The molecule has 2 aliphatic rings. The van der Waals surface area contributed by atoms with Crippen molar-refractivity contribution in [3.05, 3.63) is 35.9 Å². The number of rotatable bonds is 5.